The molecule has 0 aliphatic carbocycles. The molecule has 58 valence electrons. The summed E-state index contributed by atoms with van der Waals surface area (Å²) < 4.78 is 0. The van der Waals surface area contributed by atoms with Gasteiger partial charge >= 0.3 is 28.1 Å². The van der Waals surface area contributed by atoms with Gasteiger partial charge in [0, 0.05) is 0 Å². The van der Waals surface area contributed by atoms with Gasteiger partial charge in [0.2, 0.25) is 0 Å². The zero-order valence-corrected chi connectivity index (χ0v) is 9.06. The van der Waals surface area contributed by atoms with E-state index >= 15 is 0 Å². The Morgan fingerprint density at radius 1 is 1.70 bits per heavy atom. The van der Waals surface area contributed by atoms with Crippen molar-refractivity contribution in [2.75, 3.05) is 6.54 Å². The fourth-order valence-corrected chi connectivity index (χ4v) is 0.524. The normalized spacial score (nSPS) is 12.0. The van der Waals surface area contributed by atoms with Crippen molar-refractivity contribution in [1.82, 2.24) is 10.5 Å². The molecule has 5 heteroatoms. The summed E-state index contributed by atoms with van der Waals surface area (Å²) in [5.74, 6) is 0. The van der Waals surface area contributed by atoms with Crippen molar-refractivity contribution in [3.05, 3.63) is 13.8 Å². The summed E-state index contributed by atoms with van der Waals surface area (Å²) in [7, 11) is -0.522. The number of hydrogen-bond acceptors (Lipinski definition) is 3. The summed E-state index contributed by atoms with van der Waals surface area (Å²) in [6.07, 6.45) is -0.123. The molecule has 10 heavy (non-hydrogen) atoms. The van der Waals surface area contributed by atoms with Crippen LogP contribution in [0.25, 0.3) is 0 Å². The van der Waals surface area contributed by atoms with Crippen LogP contribution in [0.15, 0.2) is 0 Å². The van der Waals surface area contributed by atoms with Crippen LogP contribution in [0.4, 0.5) is 0 Å². The number of rotatable bonds is 4. The Bertz CT molecular complexity index is 74.7. The first-order chi connectivity index (χ1) is 4.16. The Morgan fingerprint density at radius 2 is 2.20 bits per heavy atom. The van der Waals surface area contributed by atoms with E-state index in [1.54, 1.807) is 6.82 Å². The predicted octanol–water partition coefficient (Wildman–Crippen LogP) is -0.732. The van der Waals surface area contributed by atoms with E-state index in [0.29, 0.717) is 6.54 Å². The Balaban J connectivity index is 0. The molecule has 3 nitrogen and oxygen atoms in total. The van der Waals surface area contributed by atoms with Crippen LogP contribution in [0.3, 0.4) is 0 Å². The van der Waals surface area contributed by atoms with E-state index in [0.717, 1.165) is 0 Å². The van der Waals surface area contributed by atoms with Gasteiger partial charge in [-0.1, -0.05) is 6.17 Å². The van der Waals surface area contributed by atoms with Gasteiger partial charge in [0.1, 0.15) is 0 Å². The van der Waals surface area contributed by atoms with Crippen LogP contribution in [-0.4, -0.2) is 24.8 Å². The van der Waals surface area contributed by atoms with Crippen molar-refractivity contribution in [3.8, 4) is 0 Å². The Morgan fingerprint density at radius 3 is 2.50 bits per heavy atom. The predicted molar refractivity (Wildman–Crippen MR) is 39.5 cm³/mol. The van der Waals surface area contributed by atoms with E-state index in [1.165, 1.54) is 0 Å². The molecule has 0 heterocycles. The summed E-state index contributed by atoms with van der Waals surface area (Å²) in [6.45, 7) is 9.45. The average molecular weight is 312 g/mol. The first kappa shape index (κ1) is 13.2. The summed E-state index contributed by atoms with van der Waals surface area (Å²) in [4.78, 5) is 0. The molecule has 0 radical (unpaired) electrons. The minimum Gasteiger partial charge on any atom is -0.437 e. The fraction of sp³-hybridized carbons (Fsp3) is 0.600. The quantitative estimate of drug-likeness (QED) is 0.364. The summed E-state index contributed by atoms with van der Waals surface area (Å²) in [6, 6.07) is 0. The maximum atomic E-state index is 8.74. The second-order valence-electron chi connectivity index (χ2n) is 1.85. The van der Waals surface area contributed by atoms with Crippen molar-refractivity contribution >= 4 is 7.05 Å². The van der Waals surface area contributed by atoms with Crippen LogP contribution >= 0.6 is 0 Å². The van der Waals surface area contributed by atoms with E-state index in [9.17, 15) is 0 Å². The zero-order chi connectivity index (χ0) is 7.28. The van der Waals surface area contributed by atoms with Crippen LogP contribution in [0, 0.1) is 13.8 Å². The zero-order valence-electron chi connectivity index (χ0n) is 6.13. The largest absolute Gasteiger partial charge is 2.00 e. The Labute approximate surface area is 77.4 Å². The molecule has 1 atom stereocenters. The van der Waals surface area contributed by atoms with E-state index < -0.39 is 7.05 Å². The first-order valence-electron chi connectivity index (χ1n) is 2.96. The average Bonchev–Trinajstić information content (AvgIpc) is 1.63. The van der Waals surface area contributed by atoms with E-state index in [2.05, 4.69) is 24.4 Å². The van der Waals surface area contributed by atoms with Crippen LogP contribution in [0.5, 0.6) is 0 Å². The molecule has 0 saturated heterocycles. The van der Waals surface area contributed by atoms with Gasteiger partial charge in [-0.15, -0.1) is 6.54 Å². The molecular weight excluding hydrogens is 299 g/mol. The van der Waals surface area contributed by atoms with E-state index in [4.69, 9.17) is 5.02 Å². The third-order valence-electron chi connectivity index (χ3n) is 0.833. The molecule has 0 aromatic heterocycles. The first-order valence-corrected chi connectivity index (χ1v) is 2.96. The third-order valence-corrected chi connectivity index (χ3v) is 0.833. The van der Waals surface area contributed by atoms with Gasteiger partial charge in [0.25, 0.3) is 0 Å². The Hall–Kier alpha value is 0.633. The van der Waals surface area contributed by atoms with Crippen LogP contribution in [-0.2, 0) is 21.1 Å². The maximum Gasteiger partial charge on any atom is 2.00 e. The van der Waals surface area contributed by atoms with Gasteiger partial charge in [-0.25, -0.2) is 0 Å². The minimum atomic E-state index is -0.522. The smallest absolute Gasteiger partial charge is 0.437 e. The molecule has 0 rings (SSSR count). The summed E-state index contributed by atoms with van der Waals surface area (Å²) in [5.41, 5.74) is 0. The van der Waals surface area contributed by atoms with Gasteiger partial charge in [-0.3, -0.25) is 0 Å². The van der Waals surface area contributed by atoms with Crippen molar-refractivity contribution in [3.63, 3.8) is 0 Å². The molecule has 0 fully saturated rings. The monoisotopic (exact) mass is 312 g/mol. The number of hydrogen-bond donors (Lipinski definition) is 3. The molecule has 0 saturated carbocycles. The van der Waals surface area contributed by atoms with Gasteiger partial charge < -0.3 is 29.4 Å². The number of nitrogens with one attached hydrogen (secondary N) is 2. The molecule has 0 spiro atoms. The second kappa shape index (κ2) is 7.74. The fourth-order valence-electron chi connectivity index (χ4n) is 0.524. The van der Waals surface area contributed by atoms with E-state index in [-0.39, 0.29) is 27.2 Å². The molecule has 0 aliphatic rings. The van der Waals surface area contributed by atoms with Crippen molar-refractivity contribution in [2.24, 2.45) is 0 Å². The summed E-state index contributed by atoms with van der Waals surface area (Å²) >= 11 is 0. The SMILES string of the molecule is [CH2-]CNC([CH2-])NB(C)O.[W+2]. The Kier molecular flexibility index (Phi) is 10.2. The molecule has 1 unspecified atom stereocenters. The van der Waals surface area contributed by atoms with Crippen LogP contribution in [0.1, 0.15) is 0 Å². The van der Waals surface area contributed by atoms with Crippen molar-refractivity contribution in [2.45, 2.75) is 13.0 Å². The molecular formula is C5H13BN2OW. The summed E-state index contributed by atoms with van der Waals surface area (Å²) in [5, 5.41) is 14.4. The minimum absolute atomic E-state index is 0. The third kappa shape index (κ3) is 8.63. The molecule has 0 aromatic carbocycles. The topological polar surface area (TPSA) is 44.3 Å². The van der Waals surface area contributed by atoms with E-state index in [1.807, 2.05) is 0 Å². The second-order valence-corrected chi connectivity index (χ2v) is 1.85. The molecule has 0 aromatic rings. The van der Waals surface area contributed by atoms with Crippen molar-refractivity contribution < 1.29 is 26.1 Å². The molecule has 0 aliphatic heterocycles. The van der Waals surface area contributed by atoms with Crippen LogP contribution in [0.2, 0.25) is 6.82 Å². The van der Waals surface area contributed by atoms with Gasteiger partial charge in [-0.05, 0) is 6.82 Å². The van der Waals surface area contributed by atoms with Crippen LogP contribution < -0.4 is 10.5 Å². The molecule has 0 bridgehead atoms. The van der Waals surface area contributed by atoms with Gasteiger partial charge in [-0.2, -0.15) is 0 Å². The molecule has 0 amide bonds. The van der Waals surface area contributed by atoms with Gasteiger partial charge in [0.15, 0.2) is 0 Å². The van der Waals surface area contributed by atoms with Crippen molar-refractivity contribution in [1.29, 1.82) is 0 Å². The standard InChI is InChI=1S/C5H13BN2O.W/c1-4-7-5(2)8-6(3)9;/h5,7-9H,1-2,4H2,3H3;/q-2;+2. The molecule has 3 N–H and O–H groups in total. The van der Waals surface area contributed by atoms with Gasteiger partial charge in [0.05, 0.1) is 0 Å². The maximum absolute atomic E-state index is 8.74.